The van der Waals surface area contributed by atoms with Crippen LogP contribution in [0.4, 0.5) is 11.6 Å². The number of aliphatic hydroxyl groups excluding tert-OH is 1. The SMILES string of the molecule is COCCN[C@@H]1CC[C@@H](Nc2cc(-c3cccc(NCC4(N)CCOCC4)n3)c(Cl)cn2)C[C@H]1O. The van der Waals surface area contributed by atoms with Gasteiger partial charge >= 0.3 is 0 Å². The Labute approximate surface area is 212 Å². The summed E-state index contributed by atoms with van der Waals surface area (Å²) in [5, 5.41) is 21.3. The highest BCUT2D eigenvalue weighted by Crippen LogP contribution is 2.30. The average Bonchev–Trinajstić information content (AvgIpc) is 2.86. The smallest absolute Gasteiger partial charge is 0.126 e. The molecule has 0 amide bonds. The standard InChI is InChI=1S/C25H37ClN6O3/c1-34-12-9-28-21-6-5-17(13-22(21)33)31-24-14-18(19(26)15-29-24)20-3-2-4-23(32-20)30-16-25(27)7-10-35-11-8-25/h2-4,14-15,17,21-22,28,33H,5-13,16,27H2,1H3,(H,29,31)(H,30,32)/t17-,21-,22-/m1/s1. The van der Waals surface area contributed by atoms with E-state index in [2.05, 4.69) is 20.9 Å². The van der Waals surface area contributed by atoms with E-state index in [1.807, 2.05) is 24.3 Å². The van der Waals surface area contributed by atoms with E-state index in [-0.39, 0.29) is 17.6 Å². The van der Waals surface area contributed by atoms with Crippen LogP contribution in [-0.2, 0) is 9.47 Å². The Morgan fingerprint density at radius 2 is 2.09 bits per heavy atom. The van der Waals surface area contributed by atoms with Gasteiger partial charge in [-0.2, -0.15) is 0 Å². The minimum absolute atomic E-state index is 0.0881. The molecule has 1 saturated carbocycles. The van der Waals surface area contributed by atoms with Crippen LogP contribution in [0.2, 0.25) is 5.02 Å². The second-order valence-electron chi connectivity index (χ2n) is 9.56. The van der Waals surface area contributed by atoms with Gasteiger partial charge in [-0.3, -0.25) is 0 Å². The van der Waals surface area contributed by atoms with Crippen LogP contribution < -0.4 is 21.7 Å². The Hall–Kier alpha value is -2.01. The molecule has 0 aromatic carbocycles. The molecule has 0 radical (unpaired) electrons. The number of methoxy groups -OCH3 is 1. The molecule has 1 saturated heterocycles. The summed E-state index contributed by atoms with van der Waals surface area (Å²) in [6.07, 6.45) is 5.34. The van der Waals surface area contributed by atoms with Crippen molar-refractivity contribution in [1.82, 2.24) is 15.3 Å². The Kier molecular flexibility index (Phi) is 9.16. The molecule has 9 nitrogen and oxygen atoms in total. The number of ether oxygens (including phenoxy) is 2. The van der Waals surface area contributed by atoms with E-state index in [0.29, 0.717) is 37.8 Å². The molecular weight excluding hydrogens is 468 g/mol. The van der Waals surface area contributed by atoms with Gasteiger partial charge < -0.3 is 36.3 Å². The van der Waals surface area contributed by atoms with Gasteiger partial charge in [0.2, 0.25) is 0 Å². The van der Waals surface area contributed by atoms with Crippen molar-refractivity contribution in [1.29, 1.82) is 0 Å². The van der Waals surface area contributed by atoms with Gasteiger partial charge in [0.1, 0.15) is 11.6 Å². The summed E-state index contributed by atoms with van der Waals surface area (Å²) in [6, 6.07) is 7.96. The maximum absolute atomic E-state index is 10.6. The predicted molar refractivity (Wildman–Crippen MR) is 139 cm³/mol. The van der Waals surface area contributed by atoms with Crippen molar-refractivity contribution in [3.8, 4) is 11.3 Å². The van der Waals surface area contributed by atoms with Gasteiger partial charge in [0, 0.05) is 62.8 Å². The first-order valence-electron chi connectivity index (χ1n) is 12.4. The van der Waals surface area contributed by atoms with Crippen molar-refractivity contribution in [2.24, 2.45) is 5.73 Å². The van der Waals surface area contributed by atoms with Crippen LogP contribution in [0.25, 0.3) is 11.3 Å². The minimum atomic E-state index is -0.420. The Balaban J connectivity index is 1.38. The monoisotopic (exact) mass is 504 g/mol. The average molecular weight is 505 g/mol. The van der Waals surface area contributed by atoms with Crippen LogP contribution in [0.3, 0.4) is 0 Å². The number of nitrogens with two attached hydrogens (primary N) is 1. The molecule has 2 fully saturated rings. The maximum Gasteiger partial charge on any atom is 0.126 e. The van der Waals surface area contributed by atoms with Gasteiger partial charge in [-0.15, -0.1) is 0 Å². The molecule has 0 unspecified atom stereocenters. The van der Waals surface area contributed by atoms with Crippen LogP contribution in [-0.4, -0.2) is 78.8 Å². The van der Waals surface area contributed by atoms with Crippen molar-refractivity contribution in [2.45, 2.75) is 55.8 Å². The Morgan fingerprint density at radius 1 is 1.26 bits per heavy atom. The molecule has 1 aliphatic carbocycles. The second kappa shape index (κ2) is 12.3. The number of nitrogens with one attached hydrogen (secondary N) is 3. The molecule has 3 atom stereocenters. The molecule has 0 bridgehead atoms. The fourth-order valence-corrected chi connectivity index (χ4v) is 4.89. The second-order valence-corrected chi connectivity index (χ2v) is 9.97. The molecule has 192 valence electrons. The third-order valence-corrected chi connectivity index (χ3v) is 7.17. The van der Waals surface area contributed by atoms with Crippen molar-refractivity contribution in [3.63, 3.8) is 0 Å². The number of rotatable bonds is 10. The lowest BCUT2D eigenvalue weighted by Crippen LogP contribution is -2.50. The van der Waals surface area contributed by atoms with Gasteiger partial charge in [0.05, 0.1) is 23.4 Å². The van der Waals surface area contributed by atoms with E-state index in [1.54, 1.807) is 13.3 Å². The highest BCUT2D eigenvalue weighted by molar-refractivity contribution is 6.33. The van der Waals surface area contributed by atoms with Crippen molar-refractivity contribution in [3.05, 3.63) is 35.5 Å². The number of pyridine rings is 2. The van der Waals surface area contributed by atoms with Crippen LogP contribution in [0.5, 0.6) is 0 Å². The van der Waals surface area contributed by atoms with E-state index in [9.17, 15) is 5.11 Å². The fourth-order valence-electron chi connectivity index (χ4n) is 4.69. The number of anilines is 2. The van der Waals surface area contributed by atoms with Crippen molar-refractivity contribution >= 4 is 23.2 Å². The topological polar surface area (TPSA) is 127 Å². The highest BCUT2D eigenvalue weighted by atomic mass is 35.5. The summed E-state index contributed by atoms with van der Waals surface area (Å²) in [7, 11) is 1.68. The number of halogens is 1. The van der Waals surface area contributed by atoms with E-state index in [1.165, 1.54) is 0 Å². The normalized spacial score (nSPS) is 24.2. The third-order valence-electron chi connectivity index (χ3n) is 6.87. The minimum Gasteiger partial charge on any atom is -0.391 e. The first-order chi connectivity index (χ1) is 17.0. The zero-order valence-corrected chi connectivity index (χ0v) is 21.1. The predicted octanol–water partition coefficient (Wildman–Crippen LogP) is 2.65. The molecule has 4 rings (SSSR count). The lowest BCUT2D eigenvalue weighted by Gasteiger charge is -2.34. The fraction of sp³-hybridized carbons (Fsp3) is 0.600. The molecule has 2 aromatic heterocycles. The first-order valence-corrected chi connectivity index (χ1v) is 12.7. The largest absolute Gasteiger partial charge is 0.391 e. The van der Waals surface area contributed by atoms with E-state index in [4.69, 9.17) is 31.8 Å². The molecule has 3 heterocycles. The molecule has 2 aliphatic rings. The van der Waals surface area contributed by atoms with Crippen LogP contribution >= 0.6 is 11.6 Å². The summed E-state index contributed by atoms with van der Waals surface area (Å²) in [4.78, 5) is 9.23. The lowest BCUT2D eigenvalue weighted by molar-refractivity contribution is 0.0574. The number of nitrogens with zero attached hydrogens (tertiary/aromatic N) is 2. The molecule has 6 N–H and O–H groups in total. The van der Waals surface area contributed by atoms with Crippen molar-refractivity contribution < 1.29 is 14.6 Å². The summed E-state index contributed by atoms with van der Waals surface area (Å²) >= 11 is 6.51. The van der Waals surface area contributed by atoms with E-state index < -0.39 is 6.10 Å². The zero-order chi connectivity index (χ0) is 24.7. The quantitative estimate of drug-likeness (QED) is 0.310. The Bertz CT molecular complexity index is 959. The van der Waals surface area contributed by atoms with Gasteiger partial charge in [0.15, 0.2) is 0 Å². The number of aromatic nitrogens is 2. The number of aliphatic hydroxyl groups is 1. The molecule has 0 spiro atoms. The maximum atomic E-state index is 10.6. The van der Waals surface area contributed by atoms with Gasteiger partial charge in [0.25, 0.3) is 0 Å². The summed E-state index contributed by atoms with van der Waals surface area (Å²) in [5.41, 5.74) is 7.78. The molecular formula is C25H37ClN6O3. The third kappa shape index (κ3) is 7.25. The molecule has 1 aliphatic heterocycles. The summed E-state index contributed by atoms with van der Waals surface area (Å²) in [5.74, 6) is 1.47. The highest BCUT2D eigenvalue weighted by Gasteiger charge is 2.29. The number of hydrogen-bond donors (Lipinski definition) is 5. The summed E-state index contributed by atoms with van der Waals surface area (Å²) in [6.45, 7) is 3.39. The van der Waals surface area contributed by atoms with Gasteiger partial charge in [-0.05, 0) is 50.3 Å². The number of hydrogen-bond acceptors (Lipinski definition) is 9. The summed E-state index contributed by atoms with van der Waals surface area (Å²) < 4.78 is 10.5. The van der Waals surface area contributed by atoms with Gasteiger partial charge in [-0.25, -0.2) is 9.97 Å². The van der Waals surface area contributed by atoms with E-state index >= 15 is 0 Å². The Morgan fingerprint density at radius 3 is 2.86 bits per heavy atom. The van der Waals surface area contributed by atoms with Crippen LogP contribution in [0.15, 0.2) is 30.5 Å². The molecule has 10 heteroatoms. The van der Waals surface area contributed by atoms with Crippen molar-refractivity contribution in [2.75, 3.05) is 50.7 Å². The van der Waals surface area contributed by atoms with E-state index in [0.717, 1.165) is 55.1 Å². The van der Waals surface area contributed by atoms with Gasteiger partial charge in [-0.1, -0.05) is 17.7 Å². The first kappa shape index (κ1) is 26.1. The zero-order valence-electron chi connectivity index (χ0n) is 20.3. The van der Waals surface area contributed by atoms with Crippen LogP contribution in [0, 0.1) is 0 Å². The van der Waals surface area contributed by atoms with Crippen LogP contribution in [0.1, 0.15) is 32.1 Å². The molecule has 35 heavy (non-hydrogen) atoms. The molecule has 2 aromatic rings. The lowest BCUT2D eigenvalue weighted by atomic mass is 9.88.